The highest BCUT2D eigenvalue weighted by Crippen LogP contribution is 2.39. The van der Waals surface area contributed by atoms with Gasteiger partial charge in [-0.2, -0.15) is 0 Å². The monoisotopic (exact) mass is 605 g/mol. The van der Waals surface area contributed by atoms with Crippen molar-refractivity contribution in [2.45, 2.75) is 31.6 Å². The standard InChI is InChI=1S/C29H28FN7O3S2/c1-18-6-7-21-22(8-9-24(30)26(21)37-42(38,39)16-20-15-41-17-34-20)27(18)40-28-23(5-3-12-32-28)25-10-13-33-29(36-25)35-19-4-2-11-31-14-19/h3,5-10,12-13,15,17,19,31,37H,2,4,11,14,16H2,1H3,(H,33,35,36). The van der Waals surface area contributed by atoms with Crippen molar-refractivity contribution in [1.82, 2.24) is 25.3 Å². The van der Waals surface area contributed by atoms with Crippen molar-refractivity contribution in [3.63, 3.8) is 0 Å². The molecule has 10 nitrogen and oxygen atoms in total. The summed E-state index contributed by atoms with van der Waals surface area (Å²) in [7, 11) is -3.93. The highest BCUT2D eigenvalue weighted by Gasteiger charge is 2.21. The third kappa shape index (κ3) is 6.17. The minimum absolute atomic E-state index is 0.155. The summed E-state index contributed by atoms with van der Waals surface area (Å²) in [6.07, 6.45) is 5.42. The SMILES string of the molecule is Cc1ccc2c(NS(=O)(=O)Cc3cscn3)c(F)ccc2c1Oc1ncccc1-c1ccnc(NC2CCCNC2)n1. The summed E-state index contributed by atoms with van der Waals surface area (Å²) in [5, 5.41) is 9.29. The van der Waals surface area contributed by atoms with E-state index in [2.05, 4.69) is 30.3 Å². The Morgan fingerprint density at radius 3 is 2.79 bits per heavy atom. The van der Waals surface area contributed by atoms with Crippen molar-refractivity contribution < 1.29 is 17.5 Å². The van der Waals surface area contributed by atoms with Crippen LogP contribution in [0.3, 0.4) is 0 Å². The van der Waals surface area contributed by atoms with E-state index < -0.39 is 15.8 Å². The van der Waals surface area contributed by atoms with Crippen molar-refractivity contribution >= 4 is 43.8 Å². The quantitative estimate of drug-likeness (QED) is 0.200. The molecule has 1 atom stereocenters. The van der Waals surface area contributed by atoms with E-state index in [0.717, 1.165) is 31.5 Å². The Morgan fingerprint density at radius 1 is 1.10 bits per heavy atom. The van der Waals surface area contributed by atoms with Crippen LogP contribution in [0.5, 0.6) is 11.6 Å². The maximum absolute atomic E-state index is 15.1. The molecular weight excluding hydrogens is 577 g/mol. The van der Waals surface area contributed by atoms with E-state index in [1.807, 2.05) is 13.0 Å². The van der Waals surface area contributed by atoms with Gasteiger partial charge in [0, 0.05) is 41.1 Å². The van der Waals surface area contributed by atoms with E-state index >= 15 is 4.39 Å². The molecule has 0 saturated carbocycles. The normalized spacial score (nSPS) is 15.4. The Labute approximate surface area is 246 Å². The lowest BCUT2D eigenvalue weighted by molar-refractivity contribution is 0.466. The Kier molecular flexibility index (Phi) is 7.96. The van der Waals surface area contributed by atoms with Crippen molar-refractivity contribution in [1.29, 1.82) is 0 Å². The number of anilines is 2. The van der Waals surface area contributed by atoms with Gasteiger partial charge in [0.05, 0.1) is 28.1 Å². The number of hydrogen-bond donors (Lipinski definition) is 3. The summed E-state index contributed by atoms with van der Waals surface area (Å²) in [5.41, 5.74) is 3.81. The topological polar surface area (TPSA) is 131 Å². The maximum atomic E-state index is 15.1. The second-order valence-electron chi connectivity index (χ2n) is 9.98. The van der Waals surface area contributed by atoms with Crippen LogP contribution in [0.1, 0.15) is 24.1 Å². The number of aryl methyl sites for hydroxylation is 1. The van der Waals surface area contributed by atoms with Crippen LogP contribution in [0.15, 0.2) is 65.7 Å². The van der Waals surface area contributed by atoms with Gasteiger partial charge in [0.15, 0.2) is 0 Å². The van der Waals surface area contributed by atoms with Gasteiger partial charge in [0.25, 0.3) is 0 Å². The lowest BCUT2D eigenvalue weighted by atomic mass is 10.0. The summed E-state index contributed by atoms with van der Waals surface area (Å²) >= 11 is 1.29. The Bertz CT molecular complexity index is 1830. The summed E-state index contributed by atoms with van der Waals surface area (Å²) in [5.74, 6) is 0.167. The van der Waals surface area contributed by atoms with Gasteiger partial charge in [0.2, 0.25) is 21.9 Å². The molecule has 6 rings (SSSR count). The molecule has 3 aromatic heterocycles. The van der Waals surface area contributed by atoms with Gasteiger partial charge in [0.1, 0.15) is 17.3 Å². The molecule has 1 saturated heterocycles. The van der Waals surface area contributed by atoms with Crippen LogP contribution in [-0.4, -0.2) is 47.5 Å². The minimum Gasteiger partial charge on any atom is -0.437 e. The van der Waals surface area contributed by atoms with Crippen molar-refractivity contribution in [2.24, 2.45) is 0 Å². The number of hydrogen-bond acceptors (Lipinski definition) is 10. The lowest BCUT2D eigenvalue weighted by Crippen LogP contribution is -2.38. The number of halogens is 1. The fourth-order valence-electron chi connectivity index (χ4n) is 4.89. The zero-order valence-corrected chi connectivity index (χ0v) is 24.3. The zero-order chi connectivity index (χ0) is 29.1. The van der Waals surface area contributed by atoms with Gasteiger partial charge in [-0.25, -0.2) is 32.7 Å². The number of nitrogens with zero attached hydrogens (tertiary/aromatic N) is 4. The first-order chi connectivity index (χ1) is 20.4. The van der Waals surface area contributed by atoms with E-state index in [-0.39, 0.29) is 17.5 Å². The zero-order valence-electron chi connectivity index (χ0n) is 22.7. The number of rotatable bonds is 9. The van der Waals surface area contributed by atoms with Gasteiger partial charge in [-0.05, 0) is 62.2 Å². The second kappa shape index (κ2) is 12.0. The van der Waals surface area contributed by atoms with E-state index in [1.165, 1.54) is 17.4 Å². The second-order valence-corrected chi connectivity index (χ2v) is 12.4. The van der Waals surface area contributed by atoms with Crippen LogP contribution in [0, 0.1) is 12.7 Å². The number of piperidine rings is 1. The molecule has 1 aliphatic heterocycles. The van der Waals surface area contributed by atoms with Crippen LogP contribution in [0.2, 0.25) is 0 Å². The highest BCUT2D eigenvalue weighted by molar-refractivity contribution is 7.91. The van der Waals surface area contributed by atoms with Crippen LogP contribution < -0.4 is 20.1 Å². The molecule has 1 aliphatic rings. The van der Waals surface area contributed by atoms with Crippen molar-refractivity contribution in [3.8, 4) is 22.9 Å². The number of fused-ring (bicyclic) bond motifs is 1. The van der Waals surface area contributed by atoms with Crippen LogP contribution >= 0.6 is 11.3 Å². The first-order valence-electron chi connectivity index (χ1n) is 13.4. The number of thiazole rings is 1. The number of pyridine rings is 1. The van der Waals surface area contributed by atoms with Crippen molar-refractivity contribution in [3.05, 3.63) is 82.8 Å². The molecule has 1 fully saturated rings. The van der Waals surface area contributed by atoms with Gasteiger partial charge in [-0.3, -0.25) is 4.72 Å². The number of benzene rings is 2. The molecule has 5 aromatic rings. The van der Waals surface area contributed by atoms with E-state index in [4.69, 9.17) is 9.72 Å². The van der Waals surface area contributed by atoms with Crippen LogP contribution in [-0.2, 0) is 15.8 Å². The predicted molar refractivity (Wildman–Crippen MR) is 162 cm³/mol. The van der Waals surface area contributed by atoms with Crippen molar-refractivity contribution in [2.75, 3.05) is 23.1 Å². The minimum atomic E-state index is -3.93. The lowest BCUT2D eigenvalue weighted by Gasteiger charge is -2.23. The van der Waals surface area contributed by atoms with Gasteiger partial charge in [-0.1, -0.05) is 12.1 Å². The van der Waals surface area contributed by atoms with E-state index in [0.29, 0.717) is 45.3 Å². The smallest absolute Gasteiger partial charge is 0.238 e. The molecule has 2 aromatic carbocycles. The number of sulfonamides is 1. The Hall–Kier alpha value is -4.20. The molecule has 0 radical (unpaired) electrons. The van der Waals surface area contributed by atoms with Crippen LogP contribution in [0.25, 0.3) is 22.0 Å². The Balaban J connectivity index is 1.33. The molecule has 42 heavy (non-hydrogen) atoms. The maximum Gasteiger partial charge on any atom is 0.238 e. The number of aromatic nitrogens is 4. The van der Waals surface area contributed by atoms with Gasteiger partial charge >= 0.3 is 0 Å². The predicted octanol–water partition coefficient (Wildman–Crippen LogP) is 5.49. The fraction of sp³-hybridized carbons (Fsp3) is 0.241. The largest absolute Gasteiger partial charge is 0.437 e. The molecule has 0 amide bonds. The first kappa shape index (κ1) is 27.9. The van der Waals surface area contributed by atoms with Crippen LogP contribution in [0.4, 0.5) is 16.0 Å². The molecule has 3 N–H and O–H groups in total. The number of nitrogens with one attached hydrogen (secondary N) is 3. The highest BCUT2D eigenvalue weighted by atomic mass is 32.2. The van der Waals surface area contributed by atoms with Gasteiger partial charge in [-0.15, -0.1) is 11.3 Å². The molecule has 13 heteroatoms. The average molecular weight is 606 g/mol. The van der Waals surface area contributed by atoms with E-state index in [1.54, 1.807) is 53.6 Å². The fourth-order valence-corrected chi connectivity index (χ4v) is 6.70. The third-order valence-corrected chi connectivity index (χ3v) is 8.73. The molecule has 0 spiro atoms. The molecule has 0 aliphatic carbocycles. The average Bonchev–Trinajstić information content (AvgIpc) is 3.49. The Morgan fingerprint density at radius 2 is 1.98 bits per heavy atom. The number of ether oxygens (including phenoxy) is 1. The summed E-state index contributed by atoms with van der Waals surface area (Å²) in [6.45, 7) is 3.71. The molecule has 216 valence electrons. The third-order valence-electron chi connectivity index (χ3n) is 6.91. The van der Waals surface area contributed by atoms with Gasteiger partial charge < -0.3 is 15.4 Å². The first-order valence-corrected chi connectivity index (χ1v) is 16.0. The molecule has 0 bridgehead atoms. The molecule has 4 heterocycles. The summed E-state index contributed by atoms with van der Waals surface area (Å²) in [6, 6.07) is 11.9. The summed E-state index contributed by atoms with van der Waals surface area (Å²) < 4.78 is 49.6. The van der Waals surface area contributed by atoms with E-state index in [9.17, 15) is 8.42 Å². The molecular formula is C29H28FN7O3S2. The summed E-state index contributed by atoms with van der Waals surface area (Å²) in [4.78, 5) is 17.6. The molecule has 1 unspecified atom stereocenters.